The van der Waals surface area contributed by atoms with E-state index in [1.807, 2.05) is 0 Å². The van der Waals surface area contributed by atoms with Gasteiger partial charge in [0.05, 0.1) is 13.2 Å². The van der Waals surface area contributed by atoms with Gasteiger partial charge in [-0.25, -0.2) is 38.3 Å². The van der Waals surface area contributed by atoms with Crippen molar-refractivity contribution in [2.24, 2.45) is 5.14 Å². The van der Waals surface area contributed by atoms with Crippen LogP contribution >= 0.6 is 0 Å². The number of nitrogens with one attached hydrogen (secondary N) is 1. The maximum absolute atomic E-state index is 12.5. The number of nitrogens with zero attached hydrogens (tertiary/aromatic N) is 4. The molecule has 130 valence electrons. The number of carbonyl (C=O) groups is 1. The first kappa shape index (κ1) is 16.5. The third-order valence-electron chi connectivity index (χ3n) is 3.59. The van der Waals surface area contributed by atoms with Crippen molar-refractivity contribution in [3.8, 4) is 0 Å². The molecule has 1 aromatic heterocycles. The maximum atomic E-state index is 12.5. The molecule has 1 fully saturated rings. The molecule has 0 bridgehead atoms. The standard InChI is InChI=1S/C13H18N6O4S/c1-8-6-9(2)16-12(15-8)17-13(20)19-7-10(24(14,21)22)11-18(19)4-3-5-23-11/h6H,3-5,7H2,1-2H3,(H2,14,21,22)(H,15,16,17,20). The predicted octanol–water partition coefficient (Wildman–Crippen LogP) is 0.0358. The Morgan fingerprint density at radius 3 is 2.62 bits per heavy atom. The number of sulfonamides is 1. The van der Waals surface area contributed by atoms with Crippen LogP contribution in [0.3, 0.4) is 0 Å². The summed E-state index contributed by atoms with van der Waals surface area (Å²) in [5, 5.41) is 10.5. The van der Waals surface area contributed by atoms with Crippen molar-refractivity contribution in [3.63, 3.8) is 0 Å². The van der Waals surface area contributed by atoms with Gasteiger partial charge in [0, 0.05) is 24.4 Å². The van der Waals surface area contributed by atoms with Crippen LogP contribution in [0.4, 0.5) is 10.7 Å². The molecule has 0 saturated carbocycles. The van der Waals surface area contributed by atoms with Crippen molar-refractivity contribution in [1.82, 2.24) is 20.0 Å². The van der Waals surface area contributed by atoms with E-state index in [2.05, 4.69) is 15.3 Å². The summed E-state index contributed by atoms with van der Waals surface area (Å²) in [4.78, 5) is 20.7. The Hall–Kier alpha value is -2.40. The molecule has 0 atom stereocenters. The van der Waals surface area contributed by atoms with Crippen LogP contribution in [0.15, 0.2) is 16.9 Å². The van der Waals surface area contributed by atoms with Crippen LogP contribution in [0.2, 0.25) is 0 Å². The average Bonchev–Trinajstić information content (AvgIpc) is 2.85. The molecule has 0 aliphatic carbocycles. The molecule has 24 heavy (non-hydrogen) atoms. The summed E-state index contributed by atoms with van der Waals surface area (Å²) in [6.07, 6.45) is 0.658. The number of hydrogen-bond acceptors (Lipinski definition) is 7. The van der Waals surface area contributed by atoms with Crippen molar-refractivity contribution in [2.45, 2.75) is 20.3 Å². The highest BCUT2D eigenvalue weighted by Crippen LogP contribution is 2.30. The number of hydrazine groups is 1. The Kier molecular flexibility index (Phi) is 4.05. The molecule has 11 heteroatoms. The summed E-state index contributed by atoms with van der Waals surface area (Å²) < 4.78 is 28.9. The molecule has 0 spiro atoms. The molecular formula is C13H18N6O4S. The SMILES string of the molecule is Cc1cc(C)nc(NC(=O)N2CC(S(N)(=O)=O)=C3OCCCN32)n1. The Labute approximate surface area is 139 Å². The molecular weight excluding hydrogens is 336 g/mol. The number of anilines is 1. The Bertz CT molecular complexity index is 802. The maximum Gasteiger partial charge on any atom is 0.343 e. The van der Waals surface area contributed by atoms with E-state index in [0.29, 0.717) is 31.0 Å². The van der Waals surface area contributed by atoms with Crippen molar-refractivity contribution in [3.05, 3.63) is 28.2 Å². The molecule has 2 amide bonds. The number of nitrogens with two attached hydrogens (primary N) is 1. The quantitative estimate of drug-likeness (QED) is 0.766. The number of aryl methyl sites for hydroxylation is 2. The van der Waals surface area contributed by atoms with Crippen LogP contribution in [0, 0.1) is 13.8 Å². The summed E-state index contributed by atoms with van der Waals surface area (Å²) in [6, 6.07) is 1.23. The number of aromatic nitrogens is 2. The summed E-state index contributed by atoms with van der Waals surface area (Å²) in [5.41, 5.74) is 1.43. The van der Waals surface area contributed by atoms with E-state index in [-0.39, 0.29) is 23.3 Å². The fraction of sp³-hybridized carbons (Fsp3) is 0.462. The van der Waals surface area contributed by atoms with Crippen LogP contribution in [0.1, 0.15) is 17.8 Å². The number of rotatable bonds is 2. The molecule has 2 aliphatic heterocycles. The second-order valence-corrected chi connectivity index (χ2v) is 7.14. The van der Waals surface area contributed by atoms with E-state index in [0.717, 1.165) is 0 Å². The monoisotopic (exact) mass is 354 g/mol. The molecule has 10 nitrogen and oxygen atoms in total. The smallest absolute Gasteiger partial charge is 0.343 e. The molecule has 1 aromatic rings. The van der Waals surface area contributed by atoms with Crippen LogP contribution in [0.5, 0.6) is 0 Å². The Morgan fingerprint density at radius 2 is 2.00 bits per heavy atom. The van der Waals surface area contributed by atoms with Gasteiger partial charge in [-0.15, -0.1) is 0 Å². The third-order valence-corrected chi connectivity index (χ3v) is 4.58. The van der Waals surface area contributed by atoms with Gasteiger partial charge in [0.1, 0.15) is 4.91 Å². The minimum absolute atomic E-state index is 0.111. The zero-order valence-corrected chi connectivity index (χ0v) is 14.1. The molecule has 3 rings (SSSR count). The van der Waals surface area contributed by atoms with Crippen molar-refractivity contribution >= 4 is 22.0 Å². The minimum atomic E-state index is -3.97. The van der Waals surface area contributed by atoms with E-state index in [9.17, 15) is 13.2 Å². The van der Waals surface area contributed by atoms with Gasteiger partial charge in [0.25, 0.3) is 0 Å². The molecule has 0 unspecified atom stereocenters. The third kappa shape index (κ3) is 3.12. The molecule has 1 saturated heterocycles. The summed E-state index contributed by atoms with van der Waals surface area (Å²) in [7, 11) is -3.97. The average molecular weight is 354 g/mol. The Morgan fingerprint density at radius 1 is 1.33 bits per heavy atom. The Balaban J connectivity index is 1.83. The minimum Gasteiger partial charge on any atom is -0.477 e. The highest BCUT2D eigenvalue weighted by atomic mass is 32.2. The number of fused-ring (bicyclic) bond motifs is 1. The fourth-order valence-corrected chi connectivity index (χ4v) is 3.35. The second-order valence-electron chi connectivity index (χ2n) is 5.56. The van der Waals surface area contributed by atoms with Crippen molar-refractivity contribution < 1.29 is 17.9 Å². The molecule has 3 N–H and O–H groups in total. The lowest BCUT2D eigenvalue weighted by Gasteiger charge is -2.33. The summed E-state index contributed by atoms with van der Waals surface area (Å²) >= 11 is 0. The van der Waals surface area contributed by atoms with Crippen LogP contribution in [0.25, 0.3) is 0 Å². The summed E-state index contributed by atoms with van der Waals surface area (Å²) in [6.45, 7) is 4.22. The van der Waals surface area contributed by atoms with Crippen LogP contribution in [-0.4, -0.2) is 54.1 Å². The van der Waals surface area contributed by atoms with E-state index >= 15 is 0 Å². The second kappa shape index (κ2) is 5.91. The number of urea groups is 1. The van der Waals surface area contributed by atoms with Gasteiger partial charge in [0.15, 0.2) is 0 Å². The topological polar surface area (TPSA) is 131 Å². The van der Waals surface area contributed by atoms with E-state index < -0.39 is 16.1 Å². The highest BCUT2D eigenvalue weighted by molar-refractivity contribution is 7.93. The first-order chi connectivity index (χ1) is 11.3. The van der Waals surface area contributed by atoms with E-state index in [1.165, 1.54) is 10.0 Å². The van der Waals surface area contributed by atoms with Crippen LogP contribution < -0.4 is 10.5 Å². The lowest BCUT2D eigenvalue weighted by atomic mass is 10.4. The van der Waals surface area contributed by atoms with Gasteiger partial charge >= 0.3 is 6.03 Å². The van der Waals surface area contributed by atoms with Crippen LogP contribution in [-0.2, 0) is 14.8 Å². The van der Waals surface area contributed by atoms with Gasteiger partial charge in [-0.1, -0.05) is 0 Å². The largest absolute Gasteiger partial charge is 0.477 e. The number of hydrogen-bond donors (Lipinski definition) is 2. The number of carbonyl (C=O) groups excluding carboxylic acids is 1. The number of amides is 2. The zero-order valence-electron chi connectivity index (χ0n) is 13.3. The van der Waals surface area contributed by atoms with E-state index in [4.69, 9.17) is 9.88 Å². The first-order valence-electron chi connectivity index (χ1n) is 7.33. The predicted molar refractivity (Wildman–Crippen MR) is 84.6 cm³/mol. The number of primary sulfonamides is 1. The van der Waals surface area contributed by atoms with Gasteiger partial charge in [-0.05, 0) is 19.9 Å². The number of ether oxygens (including phenoxy) is 1. The molecule has 3 heterocycles. The van der Waals surface area contributed by atoms with Gasteiger partial charge in [0.2, 0.25) is 21.9 Å². The normalized spacial score (nSPS) is 17.6. The summed E-state index contributed by atoms with van der Waals surface area (Å²) in [5.74, 6) is 0.265. The fourth-order valence-electron chi connectivity index (χ4n) is 2.64. The first-order valence-corrected chi connectivity index (χ1v) is 8.87. The van der Waals surface area contributed by atoms with Crippen molar-refractivity contribution in [2.75, 3.05) is 25.0 Å². The molecule has 0 aromatic carbocycles. The van der Waals surface area contributed by atoms with Gasteiger partial charge in [-0.3, -0.25) is 5.32 Å². The van der Waals surface area contributed by atoms with Gasteiger partial charge < -0.3 is 4.74 Å². The zero-order chi connectivity index (χ0) is 17.5. The van der Waals surface area contributed by atoms with Crippen molar-refractivity contribution in [1.29, 1.82) is 0 Å². The lowest BCUT2D eigenvalue weighted by Crippen LogP contribution is -2.47. The molecule has 0 radical (unpaired) electrons. The lowest BCUT2D eigenvalue weighted by molar-refractivity contribution is -0.0222. The van der Waals surface area contributed by atoms with Gasteiger partial charge in [-0.2, -0.15) is 0 Å². The van der Waals surface area contributed by atoms with E-state index in [1.54, 1.807) is 19.9 Å². The molecule has 2 aliphatic rings. The highest BCUT2D eigenvalue weighted by Gasteiger charge is 2.41.